The Hall–Kier alpha value is -2.48. The first-order chi connectivity index (χ1) is 15.8. The summed E-state index contributed by atoms with van der Waals surface area (Å²) in [5.41, 5.74) is 2.16. The quantitative estimate of drug-likeness (QED) is 0.224. The molecular formula is C25H20Br2ClN3O2. The molecule has 33 heavy (non-hydrogen) atoms. The topological polar surface area (TPSA) is 56.5 Å². The number of fused-ring (bicyclic) bond motifs is 1. The number of hydrogen-bond acceptors (Lipinski definition) is 4. The van der Waals surface area contributed by atoms with Gasteiger partial charge in [0.15, 0.2) is 0 Å². The highest BCUT2D eigenvalue weighted by atomic mass is 79.9. The van der Waals surface area contributed by atoms with E-state index in [0.29, 0.717) is 34.1 Å². The van der Waals surface area contributed by atoms with Gasteiger partial charge in [-0.15, -0.1) is 0 Å². The molecular weight excluding hydrogens is 570 g/mol. The third-order valence-electron chi connectivity index (χ3n) is 4.97. The normalized spacial score (nSPS) is 11.6. The Balaban J connectivity index is 1.62. The van der Waals surface area contributed by atoms with Gasteiger partial charge in [-0.3, -0.25) is 4.79 Å². The van der Waals surface area contributed by atoms with Crippen molar-refractivity contribution in [1.82, 2.24) is 9.66 Å². The molecule has 0 saturated carbocycles. The molecule has 168 valence electrons. The second kappa shape index (κ2) is 10.2. The number of aromatic nitrogens is 2. The summed E-state index contributed by atoms with van der Waals surface area (Å²) in [6.45, 7) is 4.33. The van der Waals surface area contributed by atoms with Crippen molar-refractivity contribution in [1.29, 1.82) is 0 Å². The van der Waals surface area contributed by atoms with Crippen molar-refractivity contribution in [3.05, 3.63) is 102 Å². The highest BCUT2D eigenvalue weighted by Crippen LogP contribution is 2.27. The molecule has 4 aromatic rings. The smallest absolute Gasteiger partial charge is 0.282 e. The molecule has 0 bridgehead atoms. The fraction of sp³-hybridized carbons (Fsp3) is 0.160. The molecule has 0 atom stereocenters. The van der Waals surface area contributed by atoms with Crippen LogP contribution in [0.1, 0.15) is 36.7 Å². The Morgan fingerprint density at radius 1 is 1.12 bits per heavy atom. The van der Waals surface area contributed by atoms with Gasteiger partial charge in [-0.05, 0) is 64.0 Å². The van der Waals surface area contributed by atoms with Gasteiger partial charge in [-0.25, -0.2) is 4.98 Å². The van der Waals surface area contributed by atoms with Crippen molar-refractivity contribution < 1.29 is 4.74 Å². The molecule has 0 fully saturated rings. The van der Waals surface area contributed by atoms with Crippen molar-refractivity contribution >= 4 is 60.6 Å². The molecule has 1 aromatic heterocycles. The summed E-state index contributed by atoms with van der Waals surface area (Å²) in [6.07, 6.45) is 1.64. The van der Waals surface area contributed by atoms with E-state index in [9.17, 15) is 4.79 Å². The molecule has 4 rings (SSSR count). The number of rotatable bonds is 6. The number of benzene rings is 3. The number of ether oxygens (including phenoxy) is 1. The molecule has 0 unspecified atom stereocenters. The summed E-state index contributed by atoms with van der Waals surface area (Å²) in [5, 5.41) is 5.65. The molecule has 0 amide bonds. The summed E-state index contributed by atoms with van der Waals surface area (Å²) in [7, 11) is 0. The standard InChI is InChI=1S/C25H20Br2ClN3O2/c1-15(2)24-30-22-9-8-18(26)12-19(22)25(32)31(24)29-13-16-7-10-23(20(27)11-16)33-14-17-5-3-4-6-21(17)28/h3-13,15H,14H2,1-2H3. The van der Waals surface area contributed by atoms with Crippen LogP contribution in [0.2, 0.25) is 5.02 Å². The minimum Gasteiger partial charge on any atom is -0.488 e. The summed E-state index contributed by atoms with van der Waals surface area (Å²) >= 11 is 13.2. The van der Waals surface area contributed by atoms with Crippen LogP contribution in [0, 0.1) is 0 Å². The molecule has 0 aliphatic carbocycles. The number of hydrogen-bond donors (Lipinski definition) is 0. The Kier molecular flexibility index (Phi) is 7.32. The summed E-state index contributed by atoms with van der Waals surface area (Å²) in [5.74, 6) is 1.31. The molecule has 0 radical (unpaired) electrons. The maximum Gasteiger partial charge on any atom is 0.282 e. The van der Waals surface area contributed by atoms with Crippen LogP contribution in [-0.4, -0.2) is 15.9 Å². The van der Waals surface area contributed by atoms with Crippen LogP contribution in [0.5, 0.6) is 5.75 Å². The molecule has 0 saturated heterocycles. The first-order valence-electron chi connectivity index (χ1n) is 10.3. The molecule has 8 heteroatoms. The van der Waals surface area contributed by atoms with Gasteiger partial charge in [0.1, 0.15) is 18.2 Å². The van der Waals surface area contributed by atoms with Gasteiger partial charge in [0, 0.05) is 21.0 Å². The van der Waals surface area contributed by atoms with Crippen LogP contribution >= 0.6 is 43.5 Å². The average molecular weight is 590 g/mol. The summed E-state index contributed by atoms with van der Waals surface area (Å²) < 4.78 is 8.87. The zero-order valence-electron chi connectivity index (χ0n) is 17.9. The van der Waals surface area contributed by atoms with E-state index in [1.54, 1.807) is 12.3 Å². The monoisotopic (exact) mass is 587 g/mol. The molecule has 3 aromatic carbocycles. The highest BCUT2D eigenvalue weighted by molar-refractivity contribution is 9.10. The van der Waals surface area contributed by atoms with Gasteiger partial charge in [-0.2, -0.15) is 9.78 Å². The SMILES string of the molecule is CC(C)c1nc2ccc(Br)cc2c(=O)n1N=Cc1ccc(OCc2ccccc2Cl)c(Br)c1. The van der Waals surface area contributed by atoms with Crippen LogP contribution in [0.4, 0.5) is 0 Å². The summed E-state index contributed by atoms with van der Waals surface area (Å²) in [4.78, 5) is 17.8. The second-order valence-corrected chi connectivity index (χ2v) is 9.89. The molecule has 5 nitrogen and oxygen atoms in total. The first-order valence-corrected chi connectivity index (χ1v) is 12.2. The van der Waals surface area contributed by atoms with Crippen LogP contribution < -0.4 is 10.3 Å². The average Bonchev–Trinajstić information content (AvgIpc) is 2.79. The lowest BCUT2D eigenvalue weighted by molar-refractivity contribution is 0.304. The van der Waals surface area contributed by atoms with Crippen LogP contribution in [0.25, 0.3) is 10.9 Å². The van der Waals surface area contributed by atoms with Crippen molar-refractivity contribution in [2.75, 3.05) is 0 Å². The van der Waals surface area contributed by atoms with E-state index in [1.165, 1.54) is 4.68 Å². The second-order valence-electron chi connectivity index (χ2n) is 7.72. The number of nitrogens with zero attached hydrogens (tertiary/aromatic N) is 3. The lowest BCUT2D eigenvalue weighted by Gasteiger charge is -2.12. The van der Waals surface area contributed by atoms with Gasteiger partial charge < -0.3 is 4.74 Å². The predicted molar refractivity (Wildman–Crippen MR) is 141 cm³/mol. The van der Waals surface area contributed by atoms with Crippen LogP contribution in [-0.2, 0) is 6.61 Å². The Labute approximate surface area is 213 Å². The van der Waals surface area contributed by atoms with Gasteiger partial charge in [0.25, 0.3) is 5.56 Å². The van der Waals surface area contributed by atoms with E-state index in [4.69, 9.17) is 16.3 Å². The lowest BCUT2D eigenvalue weighted by atomic mass is 10.2. The zero-order chi connectivity index (χ0) is 23.5. The molecule has 0 aliphatic rings. The van der Waals surface area contributed by atoms with Crippen LogP contribution in [0.15, 0.2) is 79.5 Å². The van der Waals surface area contributed by atoms with E-state index in [0.717, 1.165) is 20.1 Å². The fourth-order valence-electron chi connectivity index (χ4n) is 3.26. The van der Waals surface area contributed by atoms with Gasteiger partial charge >= 0.3 is 0 Å². The molecule has 1 heterocycles. The maximum atomic E-state index is 13.1. The minimum atomic E-state index is -0.208. The molecule has 0 N–H and O–H groups in total. The van der Waals surface area contributed by atoms with E-state index >= 15 is 0 Å². The summed E-state index contributed by atoms with van der Waals surface area (Å²) in [6, 6.07) is 18.7. The predicted octanol–water partition coefficient (Wildman–Crippen LogP) is 7.16. The van der Waals surface area contributed by atoms with Crippen molar-refractivity contribution in [3.8, 4) is 5.75 Å². The van der Waals surface area contributed by atoms with E-state index in [1.807, 2.05) is 68.4 Å². The lowest BCUT2D eigenvalue weighted by Crippen LogP contribution is -2.23. The van der Waals surface area contributed by atoms with E-state index in [-0.39, 0.29) is 11.5 Å². The third-order valence-corrected chi connectivity index (χ3v) is 6.45. The van der Waals surface area contributed by atoms with Crippen molar-refractivity contribution in [3.63, 3.8) is 0 Å². The molecule has 0 spiro atoms. The third kappa shape index (κ3) is 5.37. The fourth-order valence-corrected chi connectivity index (χ4v) is 4.32. The Bertz CT molecular complexity index is 1420. The van der Waals surface area contributed by atoms with Gasteiger partial charge in [0.2, 0.25) is 0 Å². The van der Waals surface area contributed by atoms with E-state index < -0.39 is 0 Å². The Morgan fingerprint density at radius 3 is 2.64 bits per heavy atom. The van der Waals surface area contributed by atoms with Crippen molar-refractivity contribution in [2.24, 2.45) is 5.10 Å². The Morgan fingerprint density at radius 2 is 1.91 bits per heavy atom. The maximum absolute atomic E-state index is 13.1. The zero-order valence-corrected chi connectivity index (χ0v) is 21.9. The number of halogens is 3. The van der Waals surface area contributed by atoms with Crippen LogP contribution in [0.3, 0.4) is 0 Å². The highest BCUT2D eigenvalue weighted by Gasteiger charge is 2.14. The minimum absolute atomic E-state index is 0.0234. The first kappa shape index (κ1) is 23.7. The van der Waals surface area contributed by atoms with Gasteiger partial charge in [0.05, 0.1) is 21.6 Å². The van der Waals surface area contributed by atoms with Crippen molar-refractivity contribution in [2.45, 2.75) is 26.4 Å². The molecule has 0 aliphatic heterocycles. The van der Waals surface area contributed by atoms with E-state index in [2.05, 4.69) is 41.9 Å². The van der Waals surface area contributed by atoms with Gasteiger partial charge in [-0.1, -0.05) is 59.6 Å². The largest absolute Gasteiger partial charge is 0.488 e.